The smallest absolute Gasteiger partial charge is 0.265 e. The second-order valence-electron chi connectivity index (χ2n) is 7.10. The summed E-state index contributed by atoms with van der Waals surface area (Å²) >= 11 is 1.30. The minimum Gasteiger partial charge on any atom is -0.508 e. The van der Waals surface area contributed by atoms with Crippen molar-refractivity contribution >= 4 is 33.1 Å². The Labute approximate surface area is 185 Å². The van der Waals surface area contributed by atoms with E-state index in [1.54, 1.807) is 47.1 Å². The average molecular weight is 445 g/mol. The van der Waals surface area contributed by atoms with Gasteiger partial charge in [0.2, 0.25) is 0 Å². The summed E-state index contributed by atoms with van der Waals surface area (Å²) in [5, 5.41) is 17.8. The van der Waals surface area contributed by atoms with Crippen molar-refractivity contribution in [3.05, 3.63) is 83.4 Å². The third kappa shape index (κ3) is 3.69. The highest BCUT2D eigenvalue weighted by Crippen LogP contribution is 2.31. The quantitative estimate of drug-likeness (QED) is 0.408. The number of hydrogen-bond donors (Lipinski definition) is 2. The van der Waals surface area contributed by atoms with Crippen molar-refractivity contribution < 1.29 is 14.3 Å². The number of benzene rings is 2. The first-order chi connectivity index (χ1) is 15.5. The molecule has 0 aliphatic carbocycles. The summed E-state index contributed by atoms with van der Waals surface area (Å²) in [5.41, 5.74) is 2.62. The van der Waals surface area contributed by atoms with Crippen molar-refractivity contribution in [1.82, 2.24) is 19.7 Å². The molecule has 0 bridgehead atoms. The fourth-order valence-electron chi connectivity index (χ4n) is 3.30. The zero-order valence-corrected chi connectivity index (χ0v) is 17.6. The molecule has 5 aromatic rings. The number of aryl methyl sites for hydroxylation is 1. The number of halogens is 1. The van der Waals surface area contributed by atoms with Gasteiger partial charge in [0.05, 0.1) is 34.3 Å². The molecule has 9 heteroatoms. The third-order valence-corrected chi connectivity index (χ3v) is 5.96. The van der Waals surface area contributed by atoms with Gasteiger partial charge in [-0.15, -0.1) is 11.3 Å². The molecule has 0 radical (unpaired) electrons. The van der Waals surface area contributed by atoms with Gasteiger partial charge in [0.15, 0.2) is 5.82 Å². The predicted molar refractivity (Wildman–Crippen MR) is 121 cm³/mol. The first kappa shape index (κ1) is 19.8. The van der Waals surface area contributed by atoms with Gasteiger partial charge in [-0.05, 0) is 49.4 Å². The molecule has 1 amide bonds. The van der Waals surface area contributed by atoms with Crippen LogP contribution in [0.2, 0.25) is 0 Å². The Kier molecular flexibility index (Phi) is 4.87. The number of carbonyl (C=O) groups is 1. The van der Waals surface area contributed by atoms with Gasteiger partial charge < -0.3 is 10.4 Å². The number of phenolic OH excluding ortho intramolecular Hbond substituents is 1. The summed E-state index contributed by atoms with van der Waals surface area (Å²) in [7, 11) is 0. The van der Waals surface area contributed by atoms with Crippen LogP contribution in [0.3, 0.4) is 0 Å². The van der Waals surface area contributed by atoms with Crippen molar-refractivity contribution in [2.45, 2.75) is 6.92 Å². The number of aromatic nitrogens is 4. The van der Waals surface area contributed by atoms with Crippen LogP contribution in [0.25, 0.3) is 27.3 Å². The van der Waals surface area contributed by atoms with Crippen molar-refractivity contribution in [2.24, 2.45) is 0 Å². The Morgan fingerprint density at radius 2 is 1.84 bits per heavy atom. The molecular weight excluding hydrogens is 429 g/mol. The molecule has 5 rings (SSSR count). The van der Waals surface area contributed by atoms with Gasteiger partial charge in [0.1, 0.15) is 16.4 Å². The largest absolute Gasteiger partial charge is 0.508 e. The molecule has 158 valence electrons. The summed E-state index contributed by atoms with van der Waals surface area (Å²) in [6.45, 7) is 1.87. The molecule has 3 aromatic heterocycles. The fourth-order valence-corrected chi connectivity index (χ4v) is 4.37. The van der Waals surface area contributed by atoms with Gasteiger partial charge in [-0.25, -0.2) is 19.0 Å². The maximum absolute atomic E-state index is 13.3. The third-order valence-electron chi connectivity index (χ3n) is 4.85. The summed E-state index contributed by atoms with van der Waals surface area (Å²) < 4.78 is 15.0. The van der Waals surface area contributed by atoms with Crippen molar-refractivity contribution in [3.63, 3.8) is 0 Å². The van der Waals surface area contributed by atoms with E-state index >= 15 is 0 Å². The second-order valence-corrected chi connectivity index (χ2v) is 8.13. The fraction of sp³-hybridized carbons (Fsp3) is 0.0435. The van der Waals surface area contributed by atoms with Gasteiger partial charge >= 0.3 is 0 Å². The van der Waals surface area contributed by atoms with Crippen molar-refractivity contribution in [2.75, 3.05) is 5.32 Å². The molecule has 7 nitrogen and oxygen atoms in total. The van der Waals surface area contributed by atoms with Gasteiger partial charge in [0.25, 0.3) is 5.91 Å². The van der Waals surface area contributed by atoms with E-state index in [1.807, 2.05) is 6.92 Å². The molecule has 0 saturated heterocycles. The van der Waals surface area contributed by atoms with Crippen LogP contribution in [0.4, 0.5) is 10.1 Å². The Balaban J connectivity index is 1.39. The second kappa shape index (κ2) is 7.86. The SMILES string of the molecule is Cc1nn(-c2ccc(F)cc2)c2sc(C(=O)Nc3cnc(-c4cccc(O)c4)nc3)cc12. The van der Waals surface area contributed by atoms with E-state index < -0.39 is 0 Å². The molecule has 32 heavy (non-hydrogen) atoms. The van der Waals surface area contributed by atoms with Crippen LogP contribution in [-0.4, -0.2) is 30.8 Å². The molecule has 0 aliphatic heterocycles. The highest BCUT2D eigenvalue weighted by Gasteiger charge is 2.17. The highest BCUT2D eigenvalue weighted by atomic mass is 32.1. The topological polar surface area (TPSA) is 92.9 Å². The van der Waals surface area contributed by atoms with Crippen LogP contribution in [-0.2, 0) is 0 Å². The normalized spacial score (nSPS) is 11.1. The van der Waals surface area contributed by atoms with Gasteiger partial charge in [0, 0.05) is 10.9 Å². The maximum atomic E-state index is 13.3. The van der Waals surface area contributed by atoms with Gasteiger partial charge in [-0.1, -0.05) is 12.1 Å². The Hall–Kier alpha value is -4.11. The Morgan fingerprint density at radius 1 is 1.09 bits per heavy atom. The predicted octanol–water partition coefficient (Wildman–Crippen LogP) is 4.95. The zero-order valence-electron chi connectivity index (χ0n) is 16.8. The number of amides is 1. The van der Waals surface area contributed by atoms with E-state index in [4.69, 9.17) is 0 Å². The van der Waals surface area contributed by atoms with Crippen molar-refractivity contribution in [3.8, 4) is 22.8 Å². The van der Waals surface area contributed by atoms with Crippen molar-refractivity contribution in [1.29, 1.82) is 0 Å². The van der Waals surface area contributed by atoms with E-state index in [-0.39, 0.29) is 17.5 Å². The zero-order chi connectivity index (χ0) is 22.2. The Morgan fingerprint density at radius 3 is 2.56 bits per heavy atom. The van der Waals surface area contributed by atoms with E-state index in [1.165, 1.54) is 35.9 Å². The molecule has 0 unspecified atom stereocenters. The lowest BCUT2D eigenvalue weighted by molar-refractivity contribution is 0.103. The number of phenols is 1. The summed E-state index contributed by atoms with van der Waals surface area (Å²) in [5.74, 6) is -0.0408. The first-order valence-corrected chi connectivity index (χ1v) is 10.5. The molecule has 0 aliphatic rings. The molecule has 3 heterocycles. The van der Waals surface area contributed by atoms with Gasteiger partial charge in [-0.3, -0.25) is 4.79 Å². The van der Waals surface area contributed by atoms with E-state index in [9.17, 15) is 14.3 Å². The summed E-state index contributed by atoms with van der Waals surface area (Å²) in [6.07, 6.45) is 3.03. The molecular formula is C23H16FN5O2S. The average Bonchev–Trinajstić information content (AvgIpc) is 3.36. The standard InChI is InChI=1S/C23H16FN5O2S/c1-13-19-10-20(32-23(19)29(28-13)17-7-5-15(24)6-8-17)22(31)27-16-11-25-21(26-12-16)14-3-2-4-18(30)9-14/h2-12,30H,1H3,(H,27,31). The van der Waals surface area contributed by atoms with Crippen LogP contribution in [0.5, 0.6) is 5.75 Å². The number of carbonyl (C=O) groups excluding carboxylic acids is 1. The van der Waals surface area contributed by atoms with E-state index in [0.29, 0.717) is 27.6 Å². The number of nitrogens with zero attached hydrogens (tertiary/aromatic N) is 4. The molecule has 0 spiro atoms. The lowest BCUT2D eigenvalue weighted by Gasteiger charge is -2.05. The van der Waals surface area contributed by atoms with Crippen LogP contribution in [0.15, 0.2) is 67.0 Å². The molecule has 0 atom stereocenters. The van der Waals surface area contributed by atoms with E-state index in [2.05, 4.69) is 20.4 Å². The number of thiophene rings is 1. The van der Waals surface area contributed by atoms with Crippen LogP contribution >= 0.6 is 11.3 Å². The van der Waals surface area contributed by atoms with Crippen LogP contribution in [0.1, 0.15) is 15.4 Å². The summed E-state index contributed by atoms with van der Waals surface area (Å²) in [4.78, 5) is 22.7. The number of aromatic hydroxyl groups is 1. The van der Waals surface area contributed by atoms with E-state index in [0.717, 1.165) is 15.9 Å². The van der Waals surface area contributed by atoms with Gasteiger partial charge in [-0.2, -0.15) is 5.10 Å². The van der Waals surface area contributed by atoms with Crippen LogP contribution < -0.4 is 5.32 Å². The molecule has 0 fully saturated rings. The minimum atomic E-state index is -0.322. The Bertz CT molecular complexity index is 1440. The molecule has 2 aromatic carbocycles. The number of fused-ring (bicyclic) bond motifs is 1. The number of hydrogen-bond acceptors (Lipinski definition) is 6. The molecule has 0 saturated carbocycles. The van der Waals surface area contributed by atoms with Crippen LogP contribution in [0, 0.1) is 12.7 Å². The number of nitrogens with one attached hydrogen (secondary N) is 1. The maximum Gasteiger partial charge on any atom is 0.265 e. The number of rotatable bonds is 4. The first-order valence-electron chi connectivity index (χ1n) is 9.66. The molecule has 2 N–H and O–H groups in total. The lowest BCUT2D eigenvalue weighted by atomic mass is 10.2. The lowest BCUT2D eigenvalue weighted by Crippen LogP contribution is -2.10. The summed E-state index contributed by atoms with van der Waals surface area (Å²) in [6, 6.07) is 14.5. The monoisotopic (exact) mass is 445 g/mol. The number of anilines is 1. The highest BCUT2D eigenvalue weighted by molar-refractivity contribution is 7.20. The minimum absolute atomic E-state index is 0.128.